The molecule has 10 heteroatoms. The van der Waals surface area contributed by atoms with Crippen LogP contribution in [0, 0.1) is 5.92 Å². The summed E-state index contributed by atoms with van der Waals surface area (Å²) in [4.78, 5) is 36.2. The highest BCUT2D eigenvalue weighted by Gasteiger charge is 2.48. The number of hydrogen-bond donors (Lipinski definition) is 4. The number of nitrogens with zero attached hydrogens (tertiary/aromatic N) is 1. The lowest BCUT2D eigenvalue weighted by atomic mass is 10.0. The number of rotatable bonds is 5. The van der Waals surface area contributed by atoms with Crippen LogP contribution >= 0.6 is 0 Å². The van der Waals surface area contributed by atoms with Crippen molar-refractivity contribution in [2.75, 3.05) is 19.8 Å². The van der Waals surface area contributed by atoms with E-state index in [0.29, 0.717) is 0 Å². The number of carbonyl (C=O) groups excluding carboxylic acids is 3. The third-order valence-electron chi connectivity index (χ3n) is 3.80. The first-order valence-electron chi connectivity index (χ1n) is 7.47. The van der Waals surface area contributed by atoms with Gasteiger partial charge < -0.3 is 24.8 Å². The molecule has 0 aromatic carbocycles. The fourth-order valence-corrected chi connectivity index (χ4v) is 2.54. The van der Waals surface area contributed by atoms with Crippen LogP contribution in [0.15, 0.2) is 12.2 Å². The van der Waals surface area contributed by atoms with Crippen molar-refractivity contribution in [3.63, 3.8) is 0 Å². The molecule has 3 amide bonds. The van der Waals surface area contributed by atoms with Gasteiger partial charge in [-0.25, -0.2) is 9.59 Å². The van der Waals surface area contributed by atoms with Crippen LogP contribution in [0.4, 0.5) is 4.79 Å². The first-order chi connectivity index (χ1) is 11.4. The van der Waals surface area contributed by atoms with Gasteiger partial charge in [-0.3, -0.25) is 15.0 Å². The fraction of sp³-hybridized carbons (Fsp3) is 0.643. The maximum Gasteiger partial charge on any atom is 0.330 e. The average molecular weight is 344 g/mol. The predicted octanol–water partition coefficient (Wildman–Crippen LogP) is -2.29. The van der Waals surface area contributed by atoms with Crippen molar-refractivity contribution >= 4 is 17.9 Å². The topological polar surface area (TPSA) is 146 Å². The number of carbonyl (C=O) groups is 3. The van der Waals surface area contributed by atoms with E-state index < -0.39 is 55.0 Å². The Morgan fingerprint density at radius 1 is 1.42 bits per heavy atom. The first-order valence-corrected chi connectivity index (χ1v) is 7.47. The minimum atomic E-state index is -1.43. The largest absolute Gasteiger partial charge is 0.463 e. The molecule has 0 bridgehead atoms. The number of imide groups is 1. The number of urea groups is 1. The van der Waals surface area contributed by atoms with Gasteiger partial charge in [-0.05, 0) is 6.92 Å². The molecule has 2 fully saturated rings. The van der Waals surface area contributed by atoms with Gasteiger partial charge in [0.2, 0.25) is 5.91 Å². The summed E-state index contributed by atoms with van der Waals surface area (Å²) in [6.45, 7) is 1.14. The molecule has 0 spiro atoms. The zero-order valence-corrected chi connectivity index (χ0v) is 13.0. The highest BCUT2D eigenvalue weighted by molar-refractivity contribution is 5.99. The average Bonchev–Trinajstić information content (AvgIpc) is 2.82. The van der Waals surface area contributed by atoms with Crippen molar-refractivity contribution in [1.29, 1.82) is 0 Å². The van der Waals surface area contributed by atoms with Crippen molar-refractivity contribution in [1.82, 2.24) is 10.2 Å². The van der Waals surface area contributed by atoms with Gasteiger partial charge in [0.15, 0.2) is 6.23 Å². The van der Waals surface area contributed by atoms with Crippen LogP contribution in [0.2, 0.25) is 0 Å². The maximum atomic E-state index is 12.0. The molecule has 2 heterocycles. The summed E-state index contributed by atoms with van der Waals surface area (Å²) in [5.41, 5.74) is 0. The summed E-state index contributed by atoms with van der Waals surface area (Å²) >= 11 is 0. The van der Waals surface area contributed by atoms with E-state index in [-0.39, 0.29) is 13.2 Å². The molecule has 4 N–H and O–H groups in total. The molecule has 134 valence electrons. The number of aliphatic hydroxyl groups excluding tert-OH is 3. The lowest BCUT2D eigenvalue weighted by molar-refractivity contribution is -0.137. The van der Waals surface area contributed by atoms with Gasteiger partial charge in [0, 0.05) is 12.6 Å². The molecule has 5 atom stereocenters. The van der Waals surface area contributed by atoms with Crippen LogP contribution in [0.5, 0.6) is 0 Å². The summed E-state index contributed by atoms with van der Waals surface area (Å²) in [6.07, 6.45) is -2.69. The SMILES string of the molecule is CCOC(=O)/C=C/C1CN([C@@H]2O[C@H](CO)[C@@H](O)[C@H]2O)C(=O)NC1=O. The van der Waals surface area contributed by atoms with Crippen LogP contribution in [-0.4, -0.2) is 82.4 Å². The van der Waals surface area contributed by atoms with E-state index in [1.807, 2.05) is 0 Å². The zero-order chi connectivity index (χ0) is 17.9. The van der Waals surface area contributed by atoms with Crippen molar-refractivity contribution in [3.05, 3.63) is 12.2 Å². The van der Waals surface area contributed by atoms with Gasteiger partial charge in [0.05, 0.1) is 19.1 Å². The molecular weight excluding hydrogens is 324 g/mol. The first kappa shape index (κ1) is 18.3. The Bertz CT molecular complexity index is 537. The quantitative estimate of drug-likeness (QED) is 0.322. The molecule has 2 saturated heterocycles. The van der Waals surface area contributed by atoms with Crippen molar-refractivity contribution < 1.29 is 39.2 Å². The summed E-state index contributed by atoms with van der Waals surface area (Å²) in [7, 11) is 0. The van der Waals surface area contributed by atoms with Crippen LogP contribution in [0.3, 0.4) is 0 Å². The second kappa shape index (κ2) is 7.71. The van der Waals surface area contributed by atoms with Crippen LogP contribution in [0.1, 0.15) is 6.92 Å². The molecular formula is C14H20N2O8. The molecule has 24 heavy (non-hydrogen) atoms. The molecule has 0 radical (unpaired) electrons. The molecule has 2 aliphatic rings. The Labute approximate surface area is 137 Å². The third kappa shape index (κ3) is 3.73. The number of amides is 3. The second-order valence-electron chi connectivity index (χ2n) is 5.39. The molecule has 0 saturated carbocycles. The molecule has 0 aromatic heterocycles. The van der Waals surface area contributed by atoms with E-state index >= 15 is 0 Å². The number of esters is 1. The summed E-state index contributed by atoms with van der Waals surface area (Å²) in [5, 5.41) is 30.9. The van der Waals surface area contributed by atoms with Gasteiger partial charge in [-0.2, -0.15) is 0 Å². The normalized spacial score (nSPS) is 33.8. The Hall–Kier alpha value is -2.01. The number of hydrogen-bond acceptors (Lipinski definition) is 8. The zero-order valence-electron chi connectivity index (χ0n) is 13.0. The van der Waals surface area contributed by atoms with Crippen molar-refractivity contribution in [3.8, 4) is 0 Å². The van der Waals surface area contributed by atoms with Crippen LogP contribution < -0.4 is 5.32 Å². The van der Waals surface area contributed by atoms with Gasteiger partial charge in [-0.15, -0.1) is 0 Å². The van der Waals surface area contributed by atoms with Gasteiger partial charge in [0.25, 0.3) is 0 Å². The highest BCUT2D eigenvalue weighted by Crippen LogP contribution is 2.26. The molecule has 0 aromatic rings. The van der Waals surface area contributed by atoms with E-state index in [4.69, 9.17) is 14.6 Å². The minimum Gasteiger partial charge on any atom is -0.463 e. The molecule has 0 aliphatic carbocycles. The van der Waals surface area contributed by atoms with Gasteiger partial charge in [0.1, 0.15) is 18.3 Å². The maximum absolute atomic E-state index is 12.0. The van der Waals surface area contributed by atoms with Crippen molar-refractivity contribution in [2.45, 2.75) is 31.5 Å². The van der Waals surface area contributed by atoms with Crippen LogP contribution in [-0.2, 0) is 19.1 Å². The minimum absolute atomic E-state index is 0.160. The summed E-state index contributed by atoms with van der Waals surface area (Å²) < 4.78 is 9.99. The fourth-order valence-electron chi connectivity index (χ4n) is 2.54. The highest BCUT2D eigenvalue weighted by atomic mass is 16.6. The number of ether oxygens (including phenoxy) is 2. The Kier molecular flexibility index (Phi) is 5.89. The van der Waals surface area contributed by atoms with E-state index in [0.717, 1.165) is 11.0 Å². The van der Waals surface area contributed by atoms with Gasteiger partial charge >= 0.3 is 12.0 Å². The lowest BCUT2D eigenvalue weighted by Crippen LogP contribution is -2.59. The third-order valence-corrected chi connectivity index (χ3v) is 3.80. The Morgan fingerprint density at radius 3 is 2.71 bits per heavy atom. The number of aliphatic hydroxyl groups is 3. The molecule has 10 nitrogen and oxygen atoms in total. The molecule has 2 aliphatic heterocycles. The van der Waals surface area contributed by atoms with Crippen LogP contribution in [0.25, 0.3) is 0 Å². The molecule has 1 unspecified atom stereocenters. The smallest absolute Gasteiger partial charge is 0.330 e. The van der Waals surface area contributed by atoms with E-state index in [1.54, 1.807) is 6.92 Å². The Morgan fingerprint density at radius 2 is 2.12 bits per heavy atom. The summed E-state index contributed by atoms with van der Waals surface area (Å²) in [6, 6.07) is -0.796. The lowest BCUT2D eigenvalue weighted by Gasteiger charge is -2.35. The van der Waals surface area contributed by atoms with E-state index in [2.05, 4.69) is 5.32 Å². The van der Waals surface area contributed by atoms with Gasteiger partial charge in [-0.1, -0.05) is 6.08 Å². The monoisotopic (exact) mass is 344 g/mol. The standard InChI is InChI=1S/C14H20N2O8/c1-2-23-9(18)4-3-7-5-16(14(22)15-12(7)21)13-11(20)10(19)8(6-17)24-13/h3-4,7-8,10-11,13,17,19-20H,2,5-6H2,1H3,(H,15,21,22)/b4-3+/t7?,8-,10-,11-,13-/m1/s1. The van der Waals surface area contributed by atoms with E-state index in [1.165, 1.54) is 6.08 Å². The molecule has 2 rings (SSSR count). The van der Waals surface area contributed by atoms with Crippen molar-refractivity contribution in [2.24, 2.45) is 5.92 Å². The summed E-state index contributed by atoms with van der Waals surface area (Å²) in [5.74, 6) is -2.08. The second-order valence-corrected chi connectivity index (χ2v) is 5.39. The predicted molar refractivity (Wildman–Crippen MR) is 77.3 cm³/mol. The number of nitrogens with one attached hydrogen (secondary N) is 1. The van der Waals surface area contributed by atoms with E-state index in [9.17, 15) is 24.6 Å². The Balaban J connectivity index is 2.09.